The molecule has 2 aliphatic heterocycles. The third-order valence-corrected chi connectivity index (χ3v) is 6.36. The molecule has 1 aromatic rings. The van der Waals surface area contributed by atoms with Crippen LogP contribution in [0.2, 0.25) is 0 Å². The number of carbonyl (C=O) groups is 1. The van der Waals surface area contributed by atoms with Crippen LogP contribution in [0.4, 0.5) is 4.39 Å². The maximum Gasteiger partial charge on any atom is 0.281 e. The lowest BCUT2D eigenvalue weighted by molar-refractivity contribution is -0.261. The van der Waals surface area contributed by atoms with Crippen LogP contribution in [0.25, 0.3) is 0 Å². The van der Waals surface area contributed by atoms with Gasteiger partial charge in [0.05, 0.1) is 35.0 Å². The second-order valence-electron chi connectivity index (χ2n) is 6.13. The SMILES string of the molecule is O=C1NC2C=CC(S(=O)(=O)c3cccc(F)c3)=CC2C12OCCCO2. The number of carbonyl (C=O) groups excluding carboxylic acids is 1. The maximum absolute atomic E-state index is 13.4. The summed E-state index contributed by atoms with van der Waals surface area (Å²) in [6.45, 7) is 0.723. The lowest BCUT2D eigenvalue weighted by atomic mass is 9.90. The first-order valence-corrected chi connectivity index (χ1v) is 9.41. The van der Waals surface area contributed by atoms with Crippen LogP contribution < -0.4 is 5.32 Å². The molecule has 1 aromatic carbocycles. The highest BCUT2D eigenvalue weighted by molar-refractivity contribution is 7.95. The molecule has 2 unspecified atom stereocenters. The molecule has 0 bridgehead atoms. The highest BCUT2D eigenvalue weighted by Crippen LogP contribution is 2.40. The Bertz CT molecular complexity index is 886. The molecule has 0 saturated carbocycles. The molecule has 0 radical (unpaired) electrons. The average molecular weight is 365 g/mol. The van der Waals surface area contributed by atoms with Crippen LogP contribution in [0.5, 0.6) is 0 Å². The van der Waals surface area contributed by atoms with Gasteiger partial charge in [0.15, 0.2) is 0 Å². The third-order valence-electron chi connectivity index (χ3n) is 4.59. The summed E-state index contributed by atoms with van der Waals surface area (Å²) in [6, 6.07) is 4.42. The zero-order valence-electron chi connectivity index (χ0n) is 13.1. The molecule has 1 N–H and O–H groups in total. The van der Waals surface area contributed by atoms with Crippen LogP contribution >= 0.6 is 0 Å². The quantitative estimate of drug-likeness (QED) is 0.854. The molecule has 1 aliphatic carbocycles. The number of fused-ring (bicyclic) bond motifs is 2. The predicted molar refractivity (Wildman–Crippen MR) is 85.5 cm³/mol. The smallest absolute Gasteiger partial charge is 0.281 e. The normalized spacial score (nSPS) is 27.7. The summed E-state index contributed by atoms with van der Waals surface area (Å²) >= 11 is 0. The highest BCUT2D eigenvalue weighted by Gasteiger charge is 2.58. The van der Waals surface area contributed by atoms with Gasteiger partial charge in [0.2, 0.25) is 9.84 Å². The first-order chi connectivity index (χ1) is 11.9. The fourth-order valence-corrected chi connectivity index (χ4v) is 4.74. The summed E-state index contributed by atoms with van der Waals surface area (Å²) in [5, 5.41) is 2.76. The molecule has 2 fully saturated rings. The maximum atomic E-state index is 13.4. The molecule has 2 atom stereocenters. The first kappa shape index (κ1) is 16.4. The minimum Gasteiger partial charge on any atom is -0.344 e. The molecule has 0 aromatic heterocycles. The van der Waals surface area contributed by atoms with Gasteiger partial charge >= 0.3 is 0 Å². The predicted octanol–water partition coefficient (Wildman–Crippen LogP) is 1.30. The number of amides is 1. The minimum atomic E-state index is -3.91. The first-order valence-electron chi connectivity index (χ1n) is 7.93. The molecule has 8 heteroatoms. The van der Waals surface area contributed by atoms with Crippen LogP contribution in [-0.2, 0) is 24.1 Å². The zero-order valence-corrected chi connectivity index (χ0v) is 14.0. The number of ether oxygens (including phenoxy) is 2. The van der Waals surface area contributed by atoms with Crippen LogP contribution in [0.3, 0.4) is 0 Å². The van der Waals surface area contributed by atoms with Gasteiger partial charge < -0.3 is 14.8 Å². The number of nitrogens with one attached hydrogen (secondary N) is 1. The van der Waals surface area contributed by atoms with E-state index in [4.69, 9.17) is 9.47 Å². The number of hydrogen-bond acceptors (Lipinski definition) is 5. The summed E-state index contributed by atoms with van der Waals surface area (Å²) in [6.07, 6.45) is 5.16. The Balaban J connectivity index is 1.75. The zero-order chi connectivity index (χ0) is 17.7. The molecule has 25 heavy (non-hydrogen) atoms. The molecule has 3 aliphatic rings. The molecule has 4 rings (SSSR count). The van der Waals surface area contributed by atoms with Gasteiger partial charge in [-0.15, -0.1) is 0 Å². The average Bonchev–Trinajstić information content (AvgIpc) is 2.87. The van der Waals surface area contributed by atoms with E-state index >= 15 is 0 Å². The van der Waals surface area contributed by atoms with E-state index in [1.807, 2.05) is 0 Å². The fourth-order valence-electron chi connectivity index (χ4n) is 3.36. The van der Waals surface area contributed by atoms with Crippen molar-refractivity contribution >= 4 is 15.7 Å². The lowest BCUT2D eigenvalue weighted by Crippen LogP contribution is -2.50. The van der Waals surface area contributed by atoms with Crippen molar-refractivity contribution in [3.05, 3.63) is 53.2 Å². The Morgan fingerprint density at radius 3 is 2.72 bits per heavy atom. The second kappa shape index (κ2) is 5.76. The van der Waals surface area contributed by atoms with E-state index in [0.717, 1.165) is 6.07 Å². The summed E-state index contributed by atoms with van der Waals surface area (Å²) in [7, 11) is -3.91. The van der Waals surface area contributed by atoms with Gasteiger partial charge in [-0.1, -0.05) is 18.2 Å². The van der Waals surface area contributed by atoms with E-state index in [1.165, 1.54) is 30.4 Å². The third kappa shape index (κ3) is 2.52. The Morgan fingerprint density at radius 2 is 2.00 bits per heavy atom. The van der Waals surface area contributed by atoms with Crippen LogP contribution in [-0.4, -0.2) is 39.4 Å². The van der Waals surface area contributed by atoms with Gasteiger partial charge in [0.25, 0.3) is 11.7 Å². The monoisotopic (exact) mass is 365 g/mol. The summed E-state index contributed by atoms with van der Waals surface area (Å²) in [4.78, 5) is 12.2. The molecular formula is C17H16FNO5S. The molecule has 2 saturated heterocycles. The van der Waals surface area contributed by atoms with Crippen molar-refractivity contribution in [3.8, 4) is 0 Å². The number of allylic oxidation sites excluding steroid dienone is 1. The summed E-state index contributed by atoms with van der Waals surface area (Å²) in [5.74, 6) is -3.15. The Kier molecular flexibility index (Phi) is 3.78. The van der Waals surface area contributed by atoms with Gasteiger partial charge in [-0.05, 0) is 30.7 Å². The van der Waals surface area contributed by atoms with Crippen molar-refractivity contribution in [2.75, 3.05) is 13.2 Å². The van der Waals surface area contributed by atoms with Crippen molar-refractivity contribution in [2.24, 2.45) is 5.92 Å². The number of sulfone groups is 1. The van der Waals surface area contributed by atoms with E-state index in [-0.39, 0.29) is 9.80 Å². The number of benzene rings is 1. The number of hydrogen-bond donors (Lipinski definition) is 1. The van der Waals surface area contributed by atoms with Crippen molar-refractivity contribution in [1.82, 2.24) is 5.32 Å². The standard InChI is InChI=1S/C17H16FNO5S/c18-11-3-1-4-12(9-11)25(21,22)13-5-6-15-14(10-13)17(16(20)19-15)23-7-2-8-24-17/h1,3-6,9-10,14-15H,2,7-8H2,(H,19,20). The molecular weight excluding hydrogens is 349 g/mol. The van der Waals surface area contributed by atoms with E-state index in [0.29, 0.717) is 19.6 Å². The Hall–Kier alpha value is -2.03. The molecule has 132 valence electrons. The van der Waals surface area contributed by atoms with Gasteiger partial charge in [-0.2, -0.15) is 0 Å². The van der Waals surface area contributed by atoms with Crippen molar-refractivity contribution in [1.29, 1.82) is 0 Å². The van der Waals surface area contributed by atoms with Gasteiger partial charge in [-0.3, -0.25) is 4.79 Å². The largest absolute Gasteiger partial charge is 0.344 e. The number of halogens is 1. The summed E-state index contributed by atoms with van der Waals surface area (Å²) < 4.78 is 50.3. The van der Waals surface area contributed by atoms with E-state index in [9.17, 15) is 17.6 Å². The highest BCUT2D eigenvalue weighted by atomic mass is 32.2. The van der Waals surface area contributed by atoms with E-state index in [2.05, 4.69) is 5.32 Å². The van der Waals surface area contributed by atoms with E-state index < -0.39 is 39.3 Å². The van der Waals surface area contributed by atoms with E-state index in [1.54, 1.807) is 6.08 Å². The van der Waals surface area contributed by atoms with Crippen LogP contribution in [0.1, 0.15) is 6.42 Å². The minimum absolute atomic E-state index is 0.00648. The van der Waals surface area contributed by atoms with Crippen LogP contribution in [0, 0.1) is 11.7 Å². The van der Waals surface area contributed by atoms with Crippen molar-refractivity contribution in [2.45, 2.75) is 23.1 Å². The van der Waals surface area contributed by atoms with Crippen LogP contribution in [0.15, 0.2) is 52.3 Å². The molecule has 1 amide bonds. The van der Waals surface area contributed by atoms with Gasteiger partial charge in [0.1, 0.15) is 5.82 Å². The van der Waals surface area contributed by atoms with Gasteiger partial charge in [0, 0.05) is 0 Å². The topological polar surface area (TPSA) is 81.7 Å². The summed E-state index contributed by atoms with van der Waals surface area (Å²) in [5.41, 5.74) is 0. The second-order valence-corrected chi connectivity index (χ2v) is 8.08. The van der Waals surface area contributed by atoms with Crippen molar-refractivity contribution < 1.29 is 27.1 Å². The molecule has 6 nitrogen and oxygen atoms in total. The molecule has 1 spiro atoms. The fraction of sp³-hybridized carbons (Fsp3) is 0.353. The van der Waals surface area contributed by atoms with Crippen molar-refractivity contribution in [3.63, 3.8) is 0 Å². The van der Waals surface area contributed by atoms with Gasteiger partial charge in [-0.25, -0.2) is 12.8 Å². The Labute approximate surface area is 144 Å². The lowest BCUT2D eigenvalue weighted by Gasteiger charge is -2.36. The molecule has 2 heterocycles. The number of rotatable bonds is 2. The Morgan fingerprint density at radius 1 is 1.24 bits per heavy atom.